The number of hydrogen-bond donors (Lipinski definition) is 3. The molecule has 148 valence electrons. The molecule has 1 unspecified atom stereocenters. The third-order valence-corrected chi connectivity index (χ3v) is 5.45. The number of nitrogens with two attached hydrogens (primary N) is 1. The van der Waals surface area contributed by atoms with Crippen molar-refractivity contribution in [1.29, 1.82) is 0 Å². The molecular weight excluding hydrogens is 330 g/mol. The van der Waals surface area contributed by atoms with Crippen molar-refractivity contribution < 1.29 is 9.59 Å². The lowest BCUT2D eigenvalue weighted by Gasteiger charge is -2.34. The fourth-order valence-electron chi connectivity index (χ4n) is 4.14. The van der Waals surface area contributed by atoms with Crippen molar-refractivity contribution in [2.24, 2.45) is 22.6 Å². The van der Waals surface area contributed by atoms with Gasteiger partial charge in [-0.05, 0) is 37.5 Å². The Bertz CT molecular complexity index is 488. The van der Waals surface area contributed by atoms with Crippen LogP contribution in [0.2, 0.25) is 0 Å². The maximum Gasteiger partial charge on any atom is 0.220 e. The molecule has 2 aliphatic rings. The molecule has 1 saturated heterocycles. The summed E-state index contributed by atoms with van der Waals surface area (Å²) in [5.41, 5.74) is 5.33. The highest BCUT2D eigenvalue weighted by molar-refractivity contribution is 5.80. The van der Waals surface area contributed by atoms with Crippen LogP contribution in [0.25, 0.3) is 0 Å². The number of likely N-dealkylation sites (tertiary alicyclic amines) is 1. The van der Waals surface area contributed by atoms with Gasteiger partial charge in [-0.2, -0.15) is 0 Å². The van der Waals surface area contributed by atoms with Crippen LogP contribution in [0.15, 0.2) is 4.99 Å². The average Bonchev–Trinajstić information content (AvgIpc) is 2.62. The fourth-order valence-corrected chi connectivity index (χ4v) is 4.14. The fraction of sp³-hybridized carbons (Fsp3) is 0.842. The van der Waals surface area contributed by atoms with E-state index in [9.17, 15) is 9.59 Å². The summed E-state index contributed by atoms with van der Waals surface area (Å²) in [5, 5.41) is 6.33. The molecule has 1 heterocycles. The van der Waals surface area contributed by atoms with Crippen molar-refractivity contribution in [1.82, 2.24) is 15.5 Å². The zero-order valence-electron chi connectivity index (χ0n) is 16.1. The molecule has 1 aliphatic carbocycles. The summed E-state index contributed by atoms with van der Waals surface area (Å²) in [5.74, 6) is 1.63. The summed E-state index contributed by atoms with van der Waals surface area (Å²) >= 11 is 0. The Morgan fingerprint density at radius 2 is 1.69 bits per heavy atom. The molecule has 1 aliphatic heterocycles. The van der Waals surface area contributed by atoms with Gasteiger partial charge in [0.2, 0.25) is 11.8 Å². The van der Waals surface area contributed by atoms with Crippen LogP contribution in [-0.4, -0.2) is 55.9 Å². The highest BCUT2D eigenvalue weighted by Crippen LogP contribution is 2.26. The van der Waals surface area contributed by atoms with E-state index in [1.807, 2.05) is 0 Å². The summed E-state index contributed by atoms with van der Waals surface area (Å²) in [6, 6.07) is 0. The zero-order valence-corrected chi connectivity index (χ0v) is 16.1. The van der Waals surface area contributed by atoms with E-state index in [1.165, 1.54) is 32.1 Å². The first-order valence-electron chi connectivity index (χ1n) is 10.1. The Balaban J connectivity index is 1.65. The number of aliphatic imine (C=N–C) groups is 1. The number of rotatable bonds is 7. The van der Waals surface area contributed by atoms with E-state index in [0.717, 1.165) is 31.9 Å². The molecule has 0 aromatic heterocycles. The topological polar surface area (TPSA) is 99.8 Å². The van der Waals surface area contributed by atoms with Crippen LogP contribution in [0.5, 0.6) is 0 Å². The van der Waals surface area contributed by atoms with Gasteiger partial charge in [-0.1, -0.05) is 19.3 Å². The van der Waals surface area contributed by atoms with Gasteiger partial charge in [-0.25, -0.2) is 0 Å². The summed E-state index contributed by atoms with van der Waals surface area (Å²) < 4.78 is 0. The lowest BCUT2D eigenvalue weighted by atomic mass is 9.87. The minimum Gasteiger partial charge on any atom is -0.370 e. The van der Waals surface area contributed by atoms with Gasteiger partial charge in [-0.15, -0.1) is 0 Å². The van der Waals surface area contributed by atoms with Gasteiger partial charge in [0.25, 0.3) is 0 Å². The summed E-state index contributed by atoms with van der Waals surface area (Å²) in [6.45, 7) is 2.99. The monoisotopic (exact) mass is 365 g/mol. The lowest BCUT2D eigenvalue weighted by Crippen LogP contribution is -2.48. The summed E-state index contributed by atoms with van der Waals surface area (Å²) in [6.07, 6.45) is 9.41. The third-order valence-electron chi connectivity index (χ3n) is 5.45. The Morgan fingerprint density at radius 3 is 2.38 bits per heavy atom. The Hall–Kier alpha value is -1.79. The van der Waals surface area contributed by atoms with E-state index in [0.29, 0.717) is 37.8 Å². The third kappa shape index (κ3) is 7.22. The molecule has 1 atom stereocenters. The maximum absolute atomic E-state index is 12.0. The second kappa shape index (κ2) is 11.0. The molecule has 2 rings (SSSR count). The first kappa shape index (κ1) is 20.5. The van der Waals surface area contributed by atoms with Crippen molar-refractivity contribution in [3.05, 3.63) is 0 Å². The Kier molecular flexibility index (Phi) is 8.71. The molecule has 2 fully saturated rings. The van der Waals surface area contributed by atoms with Crippen LogP contribution in [-0.2, 0) is 9.59 Å². The van der Waals surface area contributed by atoms with Crippen molar-refractivity contribution in [2.45, 2.75) is 57.8 Å². The number of nitrogens with zero attached hydrogens (tertiary/aromatic N) is 2. The van der Waals surface area contributed by atoms with Crippen molar-refractivity contribution in [3.63, 3.8) is 0 Å². The van der Waals surface area contributed by atoms with Gasteiger partial charge in [-0.3, -0.25) is 14.6 Å². The summed E-state index contributed by atoms with van der Waals surface area (Å²) in [7, 11) is 1.77. The van der Waals surface area contributed by atoms with E-state index in [1.54, 1.807) is 7.05 Å². The molecule has 7 nitrogen and oxygen atoms in total. The first-order chi connectivity index (χ1) is 12.6. The van der Waals surface area contributed by atoms with Crippen LogP contribution in [0, 0.1) is 11.8 Å². The number of guanidine groups is 1. The van der Waals surface area contributed by atoms with Gasteiger partial charge < -0.3 is 21.3 Å². The molecular formula is C19H35N5O2. The molecule has 26 heavy (non-hydrogen) atoms. The number of amides is 2. The second-order valence-electron chi connectivity index (χ2n) is 7.66. The number of nitrogens with one attached hydrogen (secondary N) is 2. The van der Waals surface area contributed by atoms with Crippen LogP contribution < -0.4 is 16.4 Å². The predicted molar refractivity (Wildman–Crippen MR) is 104 cm³/mol. The van der Waals surface area contributed by atoms with Crippen molar-refractivity contribution >= 4 is 17.8 Å². The molecule has 0 aromatic carbocycles. The van der Waals surface area contributed by atoms with Crippen molar-refractivity contribution in [3.8, 4) is 0 Å². The highest BCUT2D eigenvalue weighted by atomic mass is 16.1. The molecule has 2 amide bonds. The Labute approximate surface area is 157 Å². The number of carbonyl (C=O) groups excluding carboxylic acids is 2. The van der Waals surface area contributed by atoms with E-state index in [4.69, 9.17) is 5.73 Å². The average molecular weight is 366 g/mol. The Morgan fingerprint density at radius 1 is 1.00 bits per heavy atom. The molecule has 1 saturated carbocycles. The van der Waals surface area contributed by atoms with Crippen molar-refractivity contribution in [2.75, 3.05) is 33.2 Å². The minimum absolute atomic E-state index is 0.160. The summed E-state index contributed by atoms with van der Waals surface area (Å²) in [4.78, 5) is 29.7. The quantitative estimate of drug-likeness (QED) is 0.359. The van der Waals surface area contributed by atoms with Gasteiger partial charge in [0.05, 0.1) is 0 Å². The normalized spacial score (nSPS) is 22.1. The molecule has 0 spiro atoms. The standard InChI is InChI=1S/C19H35N5O2/c1-21-19(24-11-5-8-16(14-24)12-17(20)25)23-10-9-22-18(26)13-15-6-3-2-4-7-15/h15-16H,2-14H2,1H3,(H2,20,25)(H,21,23)(H,22,26). The number of carbonyl (C=O) groups is 2. The molecule has 0 bridgehead atoms. The lowest BCUT2D eigenvalue weighted by molar-refractivity contribution is -0.122. The van der Waals surface area contributed by atoms with Crippen LogP contribution in [0.4, 0.5) is 0 Å². The number of hydrogen-bond acceptors (Lipinski definition) is 3. The first-order valence-corrected chi connectivity index (χ1v) is 10.1. The smallest absolute Gasteiger partial charge is 0.220 e. The van der Waals surface area contributed by atoms with Gasteiger partial charge in [0, 0.05) is 46.1 Å². The van der Waals surface area contributed by atoms with Crippen LogP contribution in [0.1, 0.15) is 57.8 Å². The maximum atomic E-state index is 12.0. The largest absolute Gasteiger partial charge is 0.370 e. The van der Waals surface area contributed by atoms with E-state index in [2.05, 4.69) is 20.5 Å². The van der Waals surface area contributed by atoms with E-state index in [-0.39, 0.29) is 11.8 Å². The van der Waals surface area contributed by atoms with E-state index >= 15 is 0 Å². The highest BCUT2D eigenvalue weighted by Gasteiger charge is 2.23. The molecule has 0 aromatic rings. The van der Waals surface area contributed by atoms with Gasteiger partial charge >= 0.3 is 0 Å². The van der Waals surface area contributed by atoms with Crippen LogP contribution in [0.3, 0.4) is 0 Å². The van der Waals surface area contributed by atoms with Crippen LogP contribution >= 0.6 is 0 Å². The molecule has 7 heteroatoms. The number of primary amides is 1. The SMILES string of the molecule is CN=C(NCCNC(=O)CC1CCCCC1)N1CCCC(CC(N)=O)C1. The second-order valence-corrected chi connectivity index (χ2v) is 7.66. The predicted octanol–water partition coefficient (Wildman–Crippen LogP) is 1.24. The zero-order chi connectivity index (χ0) is 18.8. The van der Waals surface area contributed by atoms with Gasteiger partial charge in [0.15, 0.2) is 5.96 Å². The molecule has 0 radical (unpaired) electrons. The van der Waals surface area contributed by atoms with Gasteiger partial charge in [0.1, 0.15) is 0 Å². The molecule has 4 N–H and O–H groups in total. The van der Waals surface area contributed by atoms with E-state index < -0.39 is 0 Å². The number of piperidine rings is 1. The minimum atomic E-state index is -0.236.